The minimum Gasteiger partial charge on any atom is -0.297 e. The number of pyridine rings is 1. The van der Waals surface area contributed by atoms with Crippen LogP contribution in [0.2, 0.25) is 0 Å². The van der Waals surface area contributed by atoms with Crippen molar-refractivity contribution in [2.24, 2.45) is 11.3 Å². The number of hydroxylamine groups is 2. The second kappa shape index (κ2) is 7.04. The third-order valence-electron chi connectivity index (χ3n) is 6.41. The van der Waals surface area contributed by atoms with Crippen LogP contribution in [0.5, 0.6) is 0 Å². The van der Waals surface area contributed by atoms with Gasteiger partial charge < -0.3 is 0 Å². The predicted octanol–water partition coefficient (Wildman–Crippen LogP) is 2.94. The summed E-state index contributed by atoms with van der Waals surface area (Å²) in [7, 11) is 0. The number of aromatic nitrogens is 1. The Morgan fingerprint density at radius 1 is 1.32 bits per heavy atom. The van der Waals surface area contributed by atoms with E-state index in [1.54, 1.807) is 5.06 Å². The van der Waals surface area contributed by atoms with Gasteiger partial charge in [0.1, 0.15) is 0 Å². The molecule has 1 aromatic rings. The lowest BCUT2D eigenvalue weighted by molar-refractivity contribution is -0.204. The van der Waals surface area contributed by atoms with Crippen molar-refractivity contribution in [2.45, 2.75) is 52.0 Å². The molecule has 4 rings (SSSR count). The summed E-state index contributed by atoms with van der Waals surface area (Å²) < 4.78 is 0. The Labute approximate surface area is 150 Å². The lowest BCUT2D eigenvalue weighted by Crippen LogP contribution is -2.45. The van der Waals surface area contributed by atoms with E-state index in [4.69, 9.17) is 4.84 Å². The molecule has 5 heteroatoms. The van der Waals surface area contributed by atoms with Crippen molar-refractivity contribution in [3.63, 3.8) is 0 Å². The molecule has 3 fully saturated rings. The van der Waals surface area contributed by atoms with Crippen LogP contribution in [-0.4, -0.2) is 47.1 Å². The lowest BCUT2D eigenvalue weighted by Gasteiger charge is -2.35. The summed E-state index contributed by atoms with van der Waals surface area (Å²) in [6.45, 7) is 6.58. The number of amides is 1. The first kappa shape index (κ1) is 17.0. The third-order valence-corrected chi connectivity index (χ3v) is 6.41. The van der Waals surface area contributed by atoms with Crippen LogP contribution in [0, 0.1) is 18.3 Å². The molecule has 1 aromatic heterocycles. The van der Waals surface area contributed by atoms with Crippen LogP contribution in [0.1, 0.15) is 49.8 Å². The molecule has 1 spiro atoms. The van der Waals surface area contributed by atoms with Crippen LogP contribution in [-0.2, 0) is 16.2 Å². The van der Waals surface area contributed by atoms with Gasteiger partial charge in [-0.3, -0.25) is 19.5 Å². The van der Waals surface area contributed by atoms with E-state index in [0.29, 0.717) is 6.61 Å². The molecule has 25 heavy (non-hydrogen) atoms. The van der Waals surface area contributed by atoms with E-state index < -0.39 is 0 Å². The third kappa shape index (κ3) is 3.32. The Hall–Kier alpha value is -1.46. The van der Waals surface area contributed by atoms with E-state index >= 15 is 0 Å². The van der Waals surface area contributed by atoms with Crippen LogP contribution >= 0.6 is 0 Å². The number of hydrogen-bond donors (Lipinski definition) is 0. The molecule has 0 aromatic carbocycles. The molecule has 0 unspecified atom stereocenters. The first-order chi connectivity index (χ1) is 12.2. The fourth-order valence-electron chi connectivity index (χ4n) is 4.97. The average Bonchev–Trinajstić information content (AvgIpc) is 3.24. The van der Waals surface area contributed by atoms with Crippen LogP contribution in [0.4, 0.5) is 0 Å². The van der Waals surface area contributed by atoms with Crippen LogP contribution in [0.15, 0.2) is 18.3 Å². The lowest BCUT2D eigenvalue weighted by atomic mass is 9.76. The highest BCUT2D eigenvalue weighted by Gasteiger charge is 2.51. The molecule has 136 valence electrons. The molecule has 0 radical (unpaired) electrons. The molecule has 2 saturated heterocycles. The molecule has 1 saturated carbocycles. The summed E-state index contributed by atoms with van der Waals surface area (Å²) in [4.78, 5) is 25.7. The van der Waals surface area contributed by atoms with Gasteiger partial charge in [0.2, 0.25) is 5.91 Å². The topological polar surface area (TPSA) is 45.7 Å². The Bertz CT molecular complexity index is 629. The minimum absolute atomic E-state index is 0.139. The van der Waals surface area contributed by atoms with Gasteiger partial charge in [0.05, 0.1) is 12.3 Å². The number of carbonyl (C=O) groups is 1. The molecule has 2 atom stereocenters. The maximum Gasteiger partial charge on any atom is 0.249 e. The second-order valence-corrected chi connectivity index (χ2v) is 8.02. The normalized spacial score (nSPS) is 30.3. The van der Waals surface area contributed by atoms with E-state index in [1.807, 2.05) is 12.3 Å². The zero-order valence-corrected chi connectivity index (χ0v) is 15.2. The fraction of sp³-hybridized carbons (Fsp3) is 0.700. The van der Waals surface area contributed by atoms with E-state index in [-0.39, 0.29) is 17.2 Å². The Balaban J connectivity index is 1.44. The van der Waals surface area contributed by atoms with Gasteiger partial charge in [-0.2, -0.15) is 0 Å². The molecule has 2 aliphatic heterocycles. The van der Waals surface area contributed by atoms with Crippen molar-refractivity contribution in [3.8, 4) is 0 Å². The van der Waals surface area contributed by atoms with Crippen molar-refractivity contribution < 1.29 is 9.63 Å². The van der Waals surface area contributed by atoms with E-state index in [2.05, 4.69) is 22.9 Å². The summed E-state index contributed by atoms with van der Waals surface area (Å²) in [5, 5.41) is 1.67. The Morgan fingerprint density at radius 3 is 3.04 bits per heavy atom. The van der Waals surface area contributed by atoms with Gasteiger partial charge in [0.15, 0.2) is 0 Å². The number of rotatable bonds is 3. The van der Waals surface area contributed by atoms with Gasteiger partial charge in [0, 0.05) is 31.7 Å². The number of aryl methyl sites for hydroxylation is 1. The zero-order chi connectivity index (χ0) is 17.3. The number of hydrogen-bond acceptors (Lipinski definition) is 4. The molecule has 5 nitrogen and oxygen atoms in total. The van der Waals surface area contributed by atoms with Gasteiger partial charge in [0.25, 0.3) is 0 Å². The molecule has 1 amide bonds. The van der Waals surface area contributed by atoms with Crippen molar-refractivity contribution >= 4 is 5.91 Å². The smallest absolute Gasteiger partial charge is 0.249 e. The van der Waals surface area contributed by atoms with Crippen LogP contribution in [0.25, 0.3) is 0 Å². The summed E-state index contributed by atoms with van der Waals surface area (Å²) >= 11 is 0. The maximum atomic E-state index is 13.1. The summed E-state index contributed by atoms with van der Waals surface area (Å²) in [5.41, 5.74) is 2.57. The maximum absolute atomic E-state index is 13.1. The number of likely N-dealkylation sites (tertiary alicyclic amines) is 1. The van der Waals surface area contributed by atoms with Crippen molar-refractivity contribution in [3.05, 3.63) is 29.6 Å². The van der Waals surface area contributed by atoms with E-state index in [1.165, 1.54) is 24.1 Å². The highest BCUT2D eigenvalue weighted by molar-refractivity contribution is 5.79. The number of carbonyl (C=O) groups excluding carboxylic acids is 1. The first-order valence-corrected chi connectivity index (χ1v) is 9.75. The van der Waals surface area contributed by atoms with E-state index in [9.17, 15) is 4.79 Å². The van der Waals surface area contributed by atoms with Gasteiger partial charge in [-0.15, -0.1) is 0 Å². The predicted molar refractivity (Wildman–Crippen MR) is 95.5 cm³/mol. The van der Waals surface area contributed by atoms with Gasteiger partial charge in [-0.25, -0.2) is 5.06 Å². The molecule has 0 N–H and O–H groups in total. The molecule has 1 aliphatic carbocycles. The van der Waals surface area contributed by atoms with Crippen LogP contribution in [0.3, 0.4) is 0 Å². The standard InChI is InChI=1S/C20H29N3O2/c1-16-6-5-10-21-18(16)14-22-12-9-20(15-22)8-4-7-17(20)19(24)23-11-2-3-13-25-23/h5-6,10,17H,2-4,7-9,11-15H2,1H3/t17-,20+/m1/s1. The minimum atomic E-state index is 0.139. The quantitative estimate of drug-likeness (QED) is 0.846. The molecule has 0 bridgehead atoms. The highest BCUT2D eigenvalue weighted by Crippen LogP contribution is 2.50. The SMILES string of the molecule is Cc1cccnc1CN1CC[C@@]2(CCC[C@@H]2C(=O)N2CCCCO2)C1. The van der Waals surface area contributed by atoms with Gasteiger partial charge in [-0.05, 0) is 62.6 Å². The summed E-state index contributed by atoms with van der Waals surface area (Å²) in [6, 6.07) is 4.12. The summed E-state index contributed by atoms with van der Waals surface area (Å²) in [6.07, 6.45) is 8.50. The van der Waals surface area contributed by atoms with Crippen molar-refractivity contribution in [1.29, 1.82) is 0 Å². The molecular formula is C20H29N3O2. The second-order valence-electron chi connectivity index (χ2n) is 8.02. The molecular weight excluding hydrogens is 314 g/mol. The molecule has 3 heterocycles. The van der Waals surface area contributed by atoms with Crippen LogP contribution < -0.4 is 0 Å². The van der Waals surface area contributed by atoms with Crippen molar-refractivity contribution in [1.82, 2.24) is 14.9 Å². The monoisotopic (exact) mass is 343 g/mol. The van der Waals surface area contributed by atoms with Crippen molar-refractivity contribution in [2.75, 3.05) is 26.2 Å². The van der Waals surface area contributed by atoms with Gasteiger partial charge >= 0.3 is 0 Å². The fourth-order valence-corrected chi connectivity index (χ4v) is 4.97. The molecule has 3 aliphatic rings. The zero-order valence-electron chi connectivity index (χ0n) is 15.2. The summed E-state index contributed by atoms with van der Waals surface area (Å²) in [5.74, 6) is 0.383. The largest absolute Gasteiger partial charge is 0.297 e. The average molecular weight is 343 g/mol. The Kier molecular flexibility index (Phi) is 4.78. The van der Waals surface area contributed by atoms with Gasteiger partial charge in [-0.1, -0.05) is 12.5 Å². The highest BCUT2D eigenvalue weighted by atomic mass is 16.7. The first-order valence-electron chi connectivity index (χ1n) is 9.75. The Morgan fingerprint density at radius 2 is 2.24 bits per heavy atom. The van der Waals surface area contributed by atoms with E-state index in [0.717, 1.165) is 51.9 Å². The number of nitrogens with zero attached hydrogens (tertiary/aromatic N) is 3.